The number of hydrogen-bond acceptors (Lipinski definition) is 5. The van der Waals surface area contributed by atoms with Gasteiger partial charge < -0.3 is 5.32 Å². The molecule has 0 saturated heterocycles. The Kier molecular flexibility index (Phi) is 2.98. The smallest absolute Gasteiger partial charge is 0.150 e. The van der Waals surface area contributed by atoms with Crippen molar-refractivity contribution < 1.29 is 0 Å². The molecule has 0 fully saturated rings. The van der Waals surface area contributed by atoms with Gasteiger partial charge in [0.15, 0.2) is 5.69 Å². The summed E-state index contributed by atoms with van der Waals surface area (Å²) in [7, 11) is 1.78. The van der Waals surface area contributed by atoms with Gasteiger partial charge in [-0.1, -0.05) is 18.2 Å². The zero-order valence-corrected chi connectivity index (χ0v) is 10.8. The van der Waals surface area contributed by atoms with Crippen molar-refractivity contribution in [3.05, 3.63) is 48.2 Å². The molecular weight excluding hydrogens is 250 g/mol. The van der Waals surface area contributed by atoms with Gasteiger partial charge in [-0.2, -0.15) is 5.26 Å². The van der Waals surface area contributed by atoms with E-state index in [4.69, 9.17) is 0 Å². The van der Waals surface area contributed by atoms with E-state index < -0.39 is 0 Å². The van der Waals surface area contributed by atoms with Crippen LogP contribution in [0.4, 0.5) is 5.82 Å². The second-order valence-electron chi connectivity index (χ2n) is 4.24. The van der Waals surface area contributed by atoms with Crippen molar-refractivity contribution in [2.45, 2.75) is 0 Å². The highest BCUT2D eigenvalue weighted by Gasteiger charge is 2.10. The lowest BCUT2D eigenvalue weighted by atomic mass is 10.1. The van der Waals surface area contributed by atoms with E-state index in [0.29, 0.717) is 22.8 Å². The molecule has 0 unspecified atom stereocenters. The van der Waals surface area contributed by atoms with Gasteiger partial charge >= 0.3 is 0 Å². The van der Waals surface area contributed by atoms with Crippen LogP contribution in [0.25, 0.3) is 22.2 Å². The quantitative estimate of drug-likeness (QED) is 0.767. The van der Waals surface area contributed by atoms with Crippen molar-refractivity contribution in [1.82, 2.24) is 15.2 Å². The number of aromatic nitrogens is 3. The Balaban J connectivity index is 2.20. The molecule has 1 aromatic carbocycles. The Bertz CT molecular complexity index is 803. The van der Waals surface area contributed by atoms with Gasteiger partial charge in [0.1, 0.15) is 11.9 Å². The maximum Gasteiger partial charge on any atom is 0.150 e. The van der Waals surface area contributed by atoms with E-state index in [1.165, 1.54) is 0 Å². The standard InChI is InChI=1S/C15H11N5/c1-17-15-7-6-13(19-20-15)11-8-10-4-2-3-5-12(10)18-14(11)9-16/h2-8H,1H3,(H,17,20). The Morgan fingerprint density at radius 3 is 2.65 bits per heavy atom. The van der Waals surface area contributed by atoms with E-state index in [1.807, 2.05) is 42.5 Å². The lowest BCUT2D eigenvalue weighted by Gasteiger charge is -2.05. The van der Waals surface area contributed by atoms with Crippen molar-refractivity contribution in [2.24, 2.45) is 0 Å². The summed E-state index contributed by atoms with van der Waals surface area (Å²) in [5.41, 5.74) is 2.49. The predicted molar refractivity (Wildman–Crippen MR) is 77.0 cm³/mol. The largest absolute Gasteiger partial charge is 0.372 e. The van der Waals surface area contributed by atoms with E-state index >= 15 is 0 Å². The highest BCUT2D eigenvalue weighted by Crippen LogP contribution is 2.24. The molecule has 5 nitrogen and oxygen atoms in total. The molecule has 0 saturated carbocycles. The zero-order chi connectivity index (χ0) is 13.9. The lowest BCUT2D eigenvalue weighted by Crippen LogP contribution is -1.97. The minimum absolute atomic E-state index is 0.357. The summed E-state index contributed by atoms with van der Waals surface area (Å²) in [6.07, 6.45) is 0. The second kappa shape index (κ2) is 4.94. The first-order valence-corrected chi connectivity index (χ1v) is 6.13. The lowest BCUT2D eigenvalue weighted by molar-refractivity contribution is 1.03. The molecule has 0 spiro atoms. The fourth-order valence-corrected chi connectivity index (χ4v) is 2.01. The summed E-state index contributed by atoms with van der Waals surface area (Å²) in [4.78, 5) is 4.37. The van der Waals surface area contributed by atoms with Crippen molar-refractivity contribution in [3.63, 3.8) is 0 Å². The molecule has 2 aromatic heterocycles. The third-order valence-corrected chi connectivity index (χ3v) is 3.03. The van der Waals surface area contributed by atoms with Gasteiger partial charge in [-0.3, -0.25) is 0 Å². The SMILES string of the molecule is CNc1ccc(-c2cc3ccccc3nc2C#N)nn1. The first kappa shape index (κ1) is 12.1. The molecule has 3 rings (SSSR count). The number of anilines is 1. The molecule has 0 aliphatic rings. The van der Waals surface area contributed by atoms with Gasteiger partial charge in [-0.05, 0) is 24.3 Å². The molecule has 0 bridgehead atoms. The summed E-state index contributed by atoms with van der Waals surface area (Å²) >= 11 is 0. The van der Waals surface area contributed by atoms with Crippen LogP contribution in [0.5, 0.6) is 0 Å². The van der Waals surface area contributed by atoms with E-state index in [9.17, 15) is 5.26 Å². The minimum atomic E-state index is 0.357. The van der Waals surface area contributed by atoms with Crippen LogP contribution in [0, 0.1) is 11.3 Å². The number of nitrogens with one attached hydrogen (secondary N) is 1. The second-order valence-corrected chi connectivity index (χ2v) is 4.24. The summed E-state index contributed by atoms with van der Waals surface area (Å²) in [6, 6.07) is 15.4. The highest BCUT2D eigenvalue weighted by atomic mass is 15.2. The van der Waals surface area contributed by atoms with Crippen LogP contribution in [0.1, 0.15) is 5.69 Å². The highest BCUT2D eigenvalue weighted by molar-refractivity contribution is 5.85. The van der Waals surface area contributed by atoms with Crippen molar-refractivity contribution in [1.29, 1.82) is 5.26 Å². The molecule has 0 amide bonds. The summed E-state index contributed by atoms with van der Waals surface area (Å²) in [6.45, 7) is 0. The van der Waals surface area contributed by atoms with Crippen LogP contribution >= 0.6 is 0 Å². The summed E-state index contributed by atoms with van der Waals surface area (Å²) in [5.74, 6) is 0.681. The maximum atomic E-state index is 9.27. The fourth-order valence-electron chi connectivity index (χ4n) is 2.01. The molecular formula is C15H11N5. The van der Waals surface area contributed by atoms with Crippen LogP contribution in [-0.2, 0) is 0 Å². The molecule has 1 N–H and O–H groups in total. The first-order valence-electron chi connectivity index (χ1n) is 6.13. The molecule has 3 aromatic rings. The molecule has 0 aliphatic carbocycles. The molecule has 0 atom stereocenters. The number of para-hydroxylation sites is 1. The topological polar surface area (TPSA) is 74.5 Å². The number of benzene rings is 1. The monoisotopic (exact) mass is 261 g/mol. The molecule has 0 aliphatic heterocycles. The van der Waals surface area contributed by atoms with E-state index in [2.05, 4.69) is 26.6 Å². The number of pyridine rings is 1. The van der Waals surface area contributed by atoms with Crippen LogP contribution in [0.15, 0.2) is 42.5 Å². The molecule has 5 heteroatoms. The van der Waals surface area contributed by atoms with Crippen LogP contribution in [-0.4, -0.2) is 22.2 Å². The molecule has 96 valence electrons. The summed E-state index contributed by atoms with van der Waals surface area (Å²) in [5, 5.41) is 21.3. The molecule has 2 heterocycles. The third kappa shape index (κ3) is 2.04. The molecule has 20 heavy (non-hydrogen) atoms. The number of rotatable bonds is 2. The number of nitriles is 1. The normalized spacial score (nSPS) is 10.2. The Labute approximate surface area is 115 Å². The minimum Gasteiger partial charge on any atom is -0.372 e. The average Bonchev–Trinajstić information content (AvgIpc) is 2.53. The number of fused-ring (bicyclic) bond motifs is 1. The first-order chi connectivity index (χ1) is 9.81. The predicted octanol–water partition coefficient (Wildman–Crippen LogP) is 2.61. The Morgan fingerprint density at radius 2 is 1.95 bits per heavy atom. The number of hydrogen-bond donors (Lipinski definition) is 1. The average molecular weight is 261 g/mol. The summed E-state index contributed by atoms with van der Waals surface area (Å²) < 4.78 is 0. The van der Waals surface area contributed by atoms with Gasteiger partial charge in [0.25, 0.3) is 0 Å². The van der Waals surface area contributed by atoms with Crippen LogP contribution in [0.2, 0.25) is 0 Å². The Hall–Kier alpha value is -3.00. The van der Waals surface area contributed by atoms with E-state index in [-0.39, 0.29) is 0 Å². The van der Waals surface area contributed by atoms with E-state index in [1.54, 1.807) is 7.05 Å². The van der Waals surface area contributed by atoms with Crippen molar-refractivity contribution in [3.8, 4) is 17.3 Å². The fraction of sp³-hybridized carbons (Fsp3) is 0.0667. The van der Waals surface area contributed by atoms with E-state index in [0.717, 1.165) is 10.9 Å². The van der Waals surface area contributed by atoms with Gasteiger partial charge in [0.05, 0.1) is 11.2 Å². The third-order valence-electron chi connectivity index (χ3n) is 3.03. The van der Waals surface area contributed by atoms with Gasteiger partial charge in [-0.15, -0.1) is 10.2 Å². The van der Waals surface area contributed by atoms with Gasteiger partial charge in [0.2, 0.25) is 0 Å². The van der Waals surface area contributed by atoms with Gasteiger partial charge in [0, 0.05) is 18.0 Å². The number of nitrogens with zero attached hydrogens (tertiary/aromatic N) is 4. The van der Waals surface area contributed by atoms with Crippen LogP contribution in [0.3, 0.4) is 0 Å². The molecule has 0 radical (unpaired) electrons. The van der Waals surface area contributed by atoms with Crippen LogP contribution < -0.4 is 5.32 Å². The van der Waals surface area contributed by atoms with Gasteiger partial charge in [-0.25, -0.2) is 4.98 Å². The Morgan fingerprint density at radius 1 is 1.10 bits per heavy atom. The maximum absolute atomic E-state index is 9.27. The van der Waals surface area contributed by atoms with Crippen molar-refractivity contribution >= 4 is 16.7 Å². The van der Waals surface area contributed by atoms with Crippen molar-refractivity contribution in [2.75, 3.05) is 12.4 Å². The zero-order valence-electron chi connectivity index (χ0n) is 10.8.